The van der Waals surface area contributed by atoms with Gasteiger partial charge in [0.2, 0.25) is 5.91 Å². The third-order valence-electron chi connectivity index (χ3n) is 5.20. The Hall–Kier alpha value is -3.21. The van der Waals surface area contributed by atoms with Gasteiger partial charge in [-0.2, -0.15) is 24.9 Å². The van der Waals surface area contributed by atoms with Crippen molar-refractivity contribution in [2.24, 2.45) is 0 Å². The molecule has 0 aliphatic heterocycles. The van der Waals surface area contributed by atoms with Gasteiger partial charge in [0.15, 0.2) is 0 Å². The van der Waals surface area contributed by atoms with Gasteiger partial charge in [-0.05, 0) is 22.3 Å². The zero-order valence-corrected chi connectivity index (χ0v) is 18.7. The number of carboxylic acid groups (broad SMARTS) is 1. The van der Waals surface area contributed by atoms with Crippen molar-refractivity contribution in [2.75, 3.05) is 24.7 Å². The number of carbonyl (C=O) groups excluding carboxylic acids is 2. The molecule has 0 spiro atoms. The molecule has 3 N–H and O–H groups in total. The number of aliphatic carboxylic acids is 1. The molecule has 0 heterocycles. The molecule has 1 aliphatic rings. The van der Waals surface area contributed by atoms with Crippen LogP contribution in [0.3, 0.4) is 0 Å². The normalized spacial score (nSPS) is 13.5. The molecular weight excluding hydrogens is 473 g/mol. The summed E-state index contributed by atoms with van der Waals surface area (Å²) < 4.78 is 43.7. The minimum atomic E-state index is -4.86. The van der Waals surface area contributed by atoms with E-state index in [9.17, 15) is 27.6 Å². The van der Waals surface area contributed by atoms with Crippen LogP contribution in [0.25, 0.3) is 11.1 Å². The number of amides is 2. The van der Waals surface area contributed by atoms with Crippen LogP contribution in [0.15, 0.2) is 48.5 Å². The van der Waals surface area contributed by atoms with Crippen molar-refractivity contribution in [3.63, 3.8) is 0 Å². The Balaban J connectivity index is 1.38. The number of carboxylic acids is 1. The maximum absolute atomic E-state index is 12.8. The van der Waals surface area contributed by atoms with Gasteiger partial charge in [0.05, 0.1) is 12.2 Å². The second-order valence-corrected chi connectivity index (χ2v) is 8.67. The molecule has 182 valence electrons. The topological polar surface area (TPSA) is 105 Å². The van der Waals surface area contributed by atoms with E-state index < -0.39 is 36.6 Å². The van der Waals surface area contributed by atoms with Gasteiger partial charge in [-0.3, -0.25) is 9.59 Å². The second kappa shape index (κ2) is 11.3. The Morgan fingerprint density at radius 3 is 2.18 bits per heavy atom. The number of halogens is 3. The highest BCUT2D eigenvalue weighted by atomic mass is 32.2. The molecule has 34 heavy (non-hydrogen) atoms. The van der Waals surface area contributed by atoms with E-state index in [1.807, 2.05) is 48.5 Å². The maximum Gasteiger partial charge on any atom is 0.409 e. The van der Waals surface area contributed by atoms with E-state index in [2.05, 4.69) is 5.32 Å². The van der Waals surface area contributed by atoms with Gasteiger partial charge in [0.1, 0.15) is 12.6 Å². The molecule has 2 aromatic rings. The number of ether oxygens (including phenoxy) is 1. The van der Waals surface area contributed by atoms with Crippen LogP contribution >= 0.6 is 11.8 Å². The number of carbonyl (C=O) groups is 3. The average molecular weight is 497 g/mol. The van der Waals surface area contributed by atoms with Crippen LogP contribution in [0.4, 0.5) is 18.0 Å². The molecule has 3 rings (SSSR count). The van der Waals surface area contributed by atoms with Gasteiger partial charge in [-0.1, -0.05) is 48.5 Å². The van der Waals surface area contributed by atoms with Gasteiger partial charge in [-0.25, -0.2) is 4.79 Å². The first-order valence-electron chi connectivity index (χ1n) is 10.4. The summed E-state index contributed by atoms with van der Waals surface area (Å²) in [7, 11) is 0. The monoisotopic (exact) mass is 496 g/mol. The zero-order chi connectivity index (χ0) is 24.7. The Bertz CT molecular complexity index is 1000. The molecule has 0 bridgehead atoms. The van der Waals surface area contributed by atoms with Crippen molar-refractivity contribution in [3.05, 3.63) is 59.7 Å². The van der Waals surface area contributed by atoms with Crippen molar-refractivity contribution >= 4 is 29.7 Å². The fourth-order valence-corrected chi connectivity index (χ4v) is 4.36. The summed E-state index contributed by atoms with van der Waals surface area (Å²) in [6.07, 6.45) is -6.74. The highest BCUT2D eigenvalue weighted by Crippen LogP contribution is 2.44. The highest BCUT2D eigenvalue weighted by molar-refractivity contribution is 7.99. The highest BCUT2D eigenvalue weighted by Gasteiger charge is 2.41. The van der Waals surface area contributed by atoms with E-state index >= 15 is 0 Å². The van der Waals surface area contributed by atoms with Gasteiger partial charge in [-0.15, -0.1) is 0 Å². The molecule has 0 fully saturated rings. The van der Waals surface area contributed by atoms with Crippen LogP contribution < -0.4 is 10.6 Å². The van der Waals surface area contributed by atoms with Crippen molar-refractivity contribution in [2.45, 2.75) is 24.6 Å². The van der Waals surface area contributed by atoms with Gasteiger partial charge < -0.3 is 20.5 Å². The van der Waals surface area contributed by atoms with Crippen LogP contribution in [0, 0.1) is 0 Å². The lowest BCUT2D eigenvalue weighted by molar-refractivity contribution is -0.169. The number of fused-ring (bicyclic) bond motifs is 3. The Morgan fingerprint density at radius 2 is 1.62 bits per heavy atom. The maximum atomic E-state index is 12.8. The predicted molar refractivity (Wildman–Crippen MR) is 121 cm³/mol. The SMILES string of the molecule is O=C(O)CC(NC(=O)CSCCNC(=O)OCC1c2ccccc2-c2ccccc21)C(F)(F)F. The minimum Gasteiger partial charge on any atom is -0.481 e. The Labute approximate surface area is 198 Å². The first-order chi connectivity index (χ1) is 16.2. The molecule has 0 saturated carbocycles. The van der Waals surface area contributed by atoms with E-state index in [0.717, 1.165) is 34.0 Å². The molecule has 1 atom stereocenters. The van der Waals surface area contributed by atoms with Crippen LogP contribution in [-0.2, 0) is 14.3 Å². The van der Waals surface area contributed by atoms with Crippen molar-refractivity contribution in [3.8, 4) is 11.1 Å². The van der Waals surface area contributed by atoms with Crippen molar-refractivity contribution < 1.29 is 37.4 Å². The van der Waals surface area contributed by atoms with E-state index in [4.69, 9.17) is 9.84 Å². The third kappa shape index (κ3) is 6.66. The number of benzene rings is 2. The molecule has 0 radical (unpaired) electrons. The van der Waals surface area contributed by atoms with Gasteiger partial charge in [0.25, 0.3) is 0 Å². The predicted octanol–water partition coefficient (Wildman–Crippen LogP) is 3.78. The van der Waals surface area contributed by atoms with E-state index in [1.54, 1.807) is 5.32 Å². The van der Waals surface area contributed by atoms with Crippen LogP contribution in [0.5, 0.6) is 0 Å². The quantitative estimate of drug-likeness (QED) is 0.433. The van der Waals surface area contributed by atoms with Crippen molar-refractivity contribution in [1.82, 2.24) is 10.6 Å². The number of nitrogens with one attached hydrogen (secondary N) is 2. The van der Waals surface area contributed by atoms with E-state index in [1.165, 1.54) is 0 Å². The standard InChI is InChI=1S/C23H23F3N2O5S/c24-23(25,26)19(11-21(30)31)28-20(29)13-34-10-9-27-22(32)33-12-18-16-7-3-1-5-14(16)15-6-2-4-8-17(15)18/h1-8,18-19H,9-13H2,(H,27,32)(H,28,29)(H,30,31). The molecule has 2 amide bonds. The van der Waals surface area contributed by atoms with E-state index in [0.29, 0.717) is 0 Å². The van der Waals surface area contributed by atoms with Crippen LogP contribution in [0.2, 0.25) is 0 Å². The number of hydrogen-bond donors (Lipinski definition) is 3. The zero-order valence-electron chi connectivity index (χ0n) is 17.9. The fraction of sp³-hybridized carbons (Fsp3) is 0.348. The molecule has 2 aromatic carbocycles. The molecule has 0 aromatic heterocycles. The number of thioether (sulfide) groups is 1. The molecule has 1 aliphatic carbocycles. The summed E-state index contributed by atoms with van der Waals surface area (Å²) in [6, 6.07) is 13.4. The number of hydrogen-bond acceptors (Lipinski definition) is 5. The first kappa shape index (κ1) is 25.4. The third-order valence-corrected chi connectivity index (χ3v) is 6.16. The minimum absolute atomic E-state index is 0.0800. The van der Waals surface area contributed by atoms with Gasteiger partial charge >= 0.3 is 18.2 Å². The van der Waals surface area contributed by atoms with E-state index in [-0.39, 0.29) is 30.6 Å². The lowest BCUT2D eigenvalue weighted by Gasteiger charge is -2.19. The van der Waals surface area contributed by atoms with Crippen LogP contribution in [-0.4, -0.2) is 60.0 Å². The van der Waals surface area contributed by atoms with Crippen LogP contribution in [0.1, 0.15) is 23.5 Å². The lowest BCUT2D eigenvalue weighted by Crippen LogP contribution is -2.47. The smallest absolute Gasteiger partial charge is 0.409 e. The summed E-state index contributed by atoms with van der Waals surface area (Å²) in [6.45, 7) is 0.296. The summed E-state index contributed by atoms with van der Waals surface area (Å²) in [4.78, 5) is 34.3. The number of alkyl halides is 3. The van der Waals surface area contributed by atoms with Gasteiger partial charge in [0, 0.05) is 18.2 Å². The van der Waals surface area contributed by atoms with Crippen molar-refractivity contribution in [1.29, 1.82) is 0 Å². The second-order valence-electron chi connectivity index (χ2n) is 7.56. The first-order valence-corrected chi connectivity index (χ1v) is 11.6. The Kier molecular flexibility index (Phi) is 8.43. The number of alkyl carbamates (subject to hydrolysis) is 1. The molecule has 11 heteroatoms. The lowest BCUT2D eigenvalue weighted by atomic mass is 9.98. The number of rotatable bonds is 10. The molecule has 0 saturated heterocycles. The average Bonchev–Trinajstić information content (AvgIpc) is 3.10. The largest absolute Gasteiger partial charge is 0.481 e. The summed E-state index contributed by atoms with van der Waals surface area (Å²) in [5.74, 6) is -2.73. The molecule has 1 unspecified atom stereocenters. The molecular formula is C23H23F3N2O5S. The summed E-state index contributed by atoms with van der Waals surface area (Å²) in [5.41, 5.74) is 4.38. The Morgan fingerprint density at radius 1 is 1.03 bits per heavy atom. The fourth-order valence-electron chi connectivity index (χ4n) is 3.70. The summed E-state index contributed by atoms with van der Waals surface area (Å²) in [5, 5.41) is 12.8. The summed E-state index contributed by atoms with van der Waals surface area (Å²) >= 11 is 1.00. The molecule has 7 nitrogen and oxygen atoms in total.